The minimum Gasteiger partial charge on any atom is -0.369 e. The normalized spacial score (nSPS) is 14.0. The van der Waals surface area contributed by atoms with E-state index in [9.17, 15) is 0 Å². The number of hydrogen-bond donors (Lipinski definition) is 2. The van der Waals surface area contributed by atoms with Crippen LogP contribution in [0.25, 0.3) is 0 Å². The minimum absolute atomic E-state index is 0. The van der Waals surface area contributed by atoms with Gasteiger partial charge in [-0.25, -0.2) is 4.99 Å². The Kier molecular flexibility index (Phi) is 5.23. The van der Waals surface area contributed by atoms with E-state index >= 15 is 0 Å². The van der Waals surface area contributed by atoms with Gasteiger partial charge in [-0.05, 0) is 61.1 Å². The molecule has 1 aliphatic carbocycles. The summed E-state index contributed by atoms with van der Waals surface area (Å²) in [6.45, 7) is 0. The van der Waals surface area contributed by atoms with Crippen LogP contribution in [0.3, 0.4) is 0 Å². The molecule has 21 heavy (non-hydrogen) atoms. The summed E-state index contributed by atoms with van der Waals surface area (Å²) in [5, 5.41) is 3.17. The van der Waals surface area contributed by atoms with Crippen LogP contribution in [0.5, 0.6) is 0 Å². The first-order chi connectivity index (χ1) is 9.81. The predicted molar refractivity (Wildman–Crippen MR) is 91.7 cm³/mol. The SMILES string of the molecule is Cl.NC(=Nc1ccccc1)Nc1ccc2c(c1)CCCC2. The molecule has 3 rings (SSSR count). The van der Waals surface area contributed by atoms with Crippen LogP contribution < -0.4 is 11.1 Å². The Balaban J connectivity index is 0.00000161. The molecular weight excluding hydrogens is 282 g/mol. The summed E-state index contributed by atoms with van der Waals surface area (Å²) in [5.41, 5.74) is 10.7. The van der Waals surface area contributed by atoms with Gasteiger partial charge in [0.2, 0.25) is 0 Å². The molecule has 0 fully saturated rings. The number of nitrogens with zero attached hydrogens (tertiary/aromatic N) is 1. The molecule has 0 aromatic heterocycles. The molecule has 0 unspecified atom stereocenters. The maximum absolute atomic E-state index is 5.95. The fraction of sp³-hybridized carbons (Fsp3) is 0.235. The fourth-order valence-electron chi connectivity index (χ4n) is 2.63. The molecular formula is C17H20ClN3. The number of fused-ring (bicyclic) bond motifs is 1. The Bertz CT molecular complexity index is 623. The van der Waals surface area contributed by atoms with Gasteiger partial charge in [-0.2, -0.15) is 0 Å². The Hall–Kier alpha value is -2.00. The highest BCUT2D eigenvalue weighted by atomic mass is 35.5. The van der Waals surface area contributed by atoms with Crippen molar-refractivity contribution in [3.63, 3.8) is 0 Å². The number of nitrogens with two attached hydrogens (primary N) is 1. The number of rotatable bonds is 2. The third-order valence-electron chi connectivity index (χ3n) is 3.63. The number of halogens is 1. The third kappa shape index (κ3) is 3.99. The second kappa shape index (κ2) is 7.14. The molecule has 0 aliphatic heterocycles. The molecule has 0 saturated carbocycles. The van der Waals surface area contributed by atoms with Crippen LogP contribution in [-0.4, -0.2) is 5.96 Å². The summed E-state index contributed by atoms with van der Waals surface area (Å²) in [7, 11) is 0. The number of nitrogens with one attached hydrogen (secondary N) is 1. The van der Waals surface area contributed by atoms with Gasteiger partial charge >= 0.3 is 0 Å². The van der Waals surface area contributed by atoms with E-state index in [0.717, 1.165) is 11.4 Å². The lowest BCUT2D eigenvalue weighted by Gasteiger charge is -2.17. The maximum atomic E-state index is 5.95. The highest BCUT2D eigenvalue weighted by Gasteiger charge is 2.09. The van der Waals surface area contributed by atoms with Gasteiger partial charge in [0.1, 0.15) is 0 Å². The zero-order valence-electron chi connectivity index (χ0n) is 11.9. The van der Waals surface area contributed by atoms with E-state index in [4.69, 9.17) is 5.73 Å². The van der Waals surface area contributed by atoms with Gasteiger partial charge in [-0.1, -0.05) is 24.3 Å². The highest BCUT2D eigenvalue weighted by molar-refractivity contribution is 5.94. The van der Waals surface area contributed by atoms with Gasteiger partial charge in [-0.15, -0.1) is 12.4 Å². The quantitative estimate of drug-likeness (QED) is 0.649. The van der Waals surface area contributed by atoms with E-state index in [2.05, 4.69) is 28.5 Å². The molecule has 1 aliphatic rings. The lowest BCUT2D eigenvalue weighted by molar-refractivity contribution is 0.686. The van der Waals surface area contributed by atoms with Crippen LogP contribution in [0.15, 0.2) is 53.5 Å². The van der Waals surface area contributed by atoms with Crippen molar-refractivity contribution in [3.05, 3.63) is 59.7 Å². The lowest BCUT2D eigenvalue weighted by atomic mass is 9.91. The summed E-state index contributed by atoms with van der Waals surface area (Å²) in [6, 6.07) is 16.2. The highest BCUT2D eigenvalue weighted by Crippen LogP contribution is 2.24. The molecule has 0 bridgehead atoms. The van der Waals surface area contributed by atoms with Crippen LogP contribution in [0, 0.1) is 0 Å². The van der Waals surface area contributed by atoms with Crippen LogP contribution >= 0.6 is 12.4 Å². The monoisotopic (exact) mass is 301 g/mol. The molecule has 0 amide bonds. The average Bonchev–Trinajstić information content (AvgIpc) is 2.48. The van der Waals surface area contributed by atoms with E-state index in [1.54, 1.807) is 0 Å². The number of guanidine groups is 1. The summed E-state index contributed by atoms with van der Waals surface area (Å²) >= 11 is 0. The van der Waals surface area contributed by atoms with Crippen LogP contribution in [-0.2, 0) is 12.8 Å². The van der Waals surface area contributed by atoms with E-state index in [-0.39, 0.29) is 12.4 Å². The van der Waals surface area contributed by atoms with Gasteiger partial charge in [0.05, 0.1) is 5.69 Å². The van der Waals surface area contributed by atoms with Gasteiger partial charge in [0.15, 0.2) is 5.96 Å². The summed E-state index contributed by atoms with van der Waals surface area (Å²) in [5.74, 6) is 0.423. The second-order valence-corrected chi connectivity index (χ2v) is 5.15. The minimum atomic E-state index is 0. The van der Waals surface area contributed by atoms with Crippen LogP contribution in [0.4, 0.5) is 11.4 Å². The van der Waals surface area contributed by atoms with Crippen molar-refractivity contribution in [2.75, 3.05) is 5.32 Å². The topological polar surface area (TPSA) is 50.4 Å². The number of hydrogen-bond acceptors (Lipinski definition) is 1. The molecule has 3 nitrogen and oxygen atoms in total. The standard InChI is InChI=1S/C17H19N3.ClH/c18-17(19-15-8-2-1-3-9-15)20-16-11-10-13-6-4-5-7-14(13)12-16;/h1-3,8-12H,4-7H2,(H3,18,19,20);1H. The number of aryl methyl sites for hydroxylation is 2. The largest absolute Gasteiger partial charge is 0.369 e. The molecule has 0 saturated heterocycles. The third-order valence-corrected chi connectivity index (χ3v) is 3.63. The van der Waals surface area contributed by atoms with Gasteiger partial charge in [0.25, 0.3) is 0 Å². The first kappa shape index (κ1) is 15.4. The van der Waals surface area contributed by atoms with E-state index < -0.39 is 0 Å². The summed E-state index contributed by atoms with van der Waals surface area (Å²) in [4.78, 5) is 4.35. The van der Waals surface area contributed by atoms with Gasteiger partial charge in [-0.3, -0.25) is 0 Å². The molecule has 4 heteroatoms. The van der Waals surface area contributed by atoms with E-state index in [0.29, 0.717) is 5.96 Å². The molecule has 2 aromatic carbocycles. The predicted octanol–water partition coefficient (Wildman–Crippen LogP) is 4.05. The Morgan fingerprint density at radius 2 is 1.67 bits per heavy atom. The molecule has 0 spiro atoms. The Morgan fingerprint density at radius 3 is 2.43 bits per heavy atom. The lowest BCUT2D eigenvalue weighted by Crippen LogP contribution is -2.22. The molecule has 0 heterocycles. The van der Waals surface area contributed by atoms with Crippen LogP contribution in [0.1, 0.15) is 24.0 Å². The number of para-hydroxylation sites is 1. The zero-order valence-corrected chi connectivity index (χ0v) is 12.7. The second-order valence-electron chi connectivity index (χ2n) is 5.15. The first-order valence-corrected chi connectivity index (χ1v) is 7.09. The molecule has 3 N–H and O–H groups in total. The van der Waals surface area contributed by atoms with Crippen molar-refractivity contribution < 1.29 is 0 Å². The van der Waals surface area contributed by atoms with E-state index in [1.165, 1.54) is 36.8 Å². The molecule has 0 atom stereocenters. The van der Waals surface area contributed by atoms with Crippen molar-refractivity contribution in [1.82, 2.24) is 0 Å². The van der Waals surface area contributed by atoms with Crippen LogP contribution in [0.2, 0.25) is 0 Å². The average molecular weight is 302 g/mol. The van der Waals surface area contributed by atoms with Crippen molar-refractivity contribution in [2.24, 2.45) is 10.7 Å². The smallest absolute Gasteiger partial charge is 0.198 e. The van der Waals surface area contributed by atoms with E-state index in [1.807, 2.05) is 30.3 Å². The molecule has 2 aromatic rings. The summed E-state index contributed by atoms with van der Waals surface area (Å²) in [6.07, 6.45) is 4.95. The number of anilines is 1. The Labute approximate surface area is 131 Å². The number of aliphatic imine (C=N–C) groups is 1. The van der Waals surface area contributed by atoms with Crippen molar-refractivity contribution in [1.29, 1.82) is 0 Å². The fourth-order valence-corrected chi connectivity index (χ4v) is 2.63. The van der Waals surface area contributed by atoms with Crippen molar-refractivity contribution in [2.45, 2.75) is 25.7 Å². The maximum Gasteiger partial charge on any atom is 0.198 e. The zero-order chi connectivity index (χ0) is 13.8. The van der Waals surface area contributed by atoms with Gasteiger partial charge in [0, 0.05) is 5.69 Å². The van der Waals surface area contributed by atoms with Gasteiger partial charge < -0.3 is 11.1 Å². The summed E-state index contributed by atoms with van der Waals surface area (Å²) < 4.78 is 0. The van der Waals surface area contributed by atoms with Crippen molar-refractivity contribution >= 4 is 29.7 Å². The molecule has 110 valence electrons. The van der Waals surface area contributed by atoms with Crippen molar-refractivity contribution in [3.8, 4) is 0 Å². The number of benzene rings is 2. The first-order valence-electron chi connectivity index (χ1n) is 7.09. The molecule has 0 radical (unpaired) electrons. The Morgan fingerprint density at radius 1 is 0.952 bits per heavy atom.